The fraction of sp³-hybridized carbons (Fsp3) is 0.457. The van der Waals surface area contributed by atoms with E-state index in [1.165, 1.54) is 58.4 Å². The second-order valence-electron chi connectivity index (χ2n) is 12.7. The molecule has 3 fully saturated rings. The Balaban J connectivity index is 0.970. The smallest absolute Gasteiger partial charge is 0.196 e. The number of benzene rings is 2. The van der Waals surface area contributed by atoms with Gasteiger partial charge in [-0.2, -0.15) is 0 Å². The number of para-hydroxylation sites is 1. The third kappa shape index (κ3) is 7.02. The number of nitrogens with zero attached hydrogens (tertiary/aromatic N) is 4. The van der Waals surface area contributed by atoms with Crippen LogP contribution >= 0.6 is 11.6 Å². The van der Waals surface area contributed by atoms with Gasteiger partial charge in [-0.25, -0.2) is 9.97 Å². The molecule has 45 heavy (non-hydrogen) atoms. The van der Waals surface area contributed by atoms with Gasteiger partial charge in [0.1, 0.15) is 29.3 Å². The molecule has 2 aromatic carbocycles. The summed E-state index contributed by atoms with van der Waals surface area (Å²) in [6.45, 7) is 8.25. The highest BCUT2D eigenvalue weighted by molar-refractivity contribution is 6.35. The SMILES string of the molecule is O=C(c1ccc(Oc2ccccc2)cc1Cl)c1c[nH]c2ncnc(NC3CCN(C4CCN(CC5CCNCC5)CC4)CC3)c12. The molecule has 236 valence electrons. The molecule has 0 bridgehead atoms. The molecule has 0 unspecified atom stereocenters. The van der Waals surface area contributed by atoms with Crippen LogP contribution in [0.25, 0.3) is 11.0 Å². The number of hydrogen-bond acceptors (Lipinski definition) is 8. The maximum atomic E-state index is 13.8. The minimum Gasteiger partial charge on any atom is -0.457 e. The maximum absolute atomic E-state index is 13.8. The summed E-state index contributed by atoms with van der Waals surface area (Å²) in [5.41, 5.74) is 1.54. The van der Waals surface area contributed by atoms with Gasteiger partial charge in [0.2, 0.25) is 0 Å². The van der Waals surface area contributed by atoms with Crippen LogP contribution in [-0.4, -0.2) is 88.4 Å². The predicted octanol–water partition coefficient (Wildman–Crippen LogP) is 5.97. The van der Waals surface area contributed by atoms with Crippen molar-refractivity contribution in [2.45, 2.75) is 50.6 Å². The Bertz CT molecular complexity index is 1590. The molecule has 9 nitrogen and oxygen atoms in total. The number of piperidine rings is 3. The highest BCUT2D eigenvalue weighted by Gasteiger charge is 2.30. The van der Waals surface area contributed by atoms with Gasteiger partial charge in [-0.15, -0.1) is 0 Å². The van der Waals surface area contributed by atoms with E-state index in [1.54, 1.807) is 30.7 Å². The number of fused-ring (bicyclic) bond motifs is 1. The maximum Gasteiger partial charge on any atom is 0.196 e. The molecule has 3 aliphatic rings. The number of carbonyl (C=O) groups excluding carboxylic acids is 1. The van der Waals surface area contributed by atoms with Crippen molar-refractivity contribution < 1.29 is 9.53 Å². The molecule has 3 saturated heterocycles. The second kappa shape index (κ2) is 13.9. The number of nitrogens with one attached hydrogen (secondary N) is 3. The number of likely N-dealkylation sites (tertiary alicyclic amines) is 2. The first-order valence-corrected chi connectivity index (χ1v) is 16.8. The van der Waals surface area contributed by atoms with Crippen LogP contribution in [0.4, 0.5) is 5.82 Å². The highest BCUT2D eigenvalue weighted by atomic mass is 35.5. The number of ketones is 1. The van der Waals surface area contributed by atoms with Crippen molar-refractivity contribution in [3.8, 4) is 11.5 Å². The Morgan fingerprint density at radius 2 is 1.69 bits per heavy atom. The van der Waals surface area contributed by atoms with E-state index in [-0.39, 0.29) is 11.8 Å². The normalized spacial score (nSPS) is 19.6. The Kier molecular flexibility index (Phi) is 9.30. The van der Waals surface area contributed by atoms with Gasteiger partial charge in [0.05, 0.1) is 16.0 Å². The first-order chi connectivity index (χ1) is 22.1. The van der Waals surface area contributed by atoms with E-state index in [2.05, 4.69) is 35.4 Å². The van der Waals surface area contributed by atoms with E-state index in [1.807, 2.05) is 30.3 Å². The van der Waals surface area contributed by atoms with Crippen LogP contribution in [0.5, 0.6) is 11.5 Å². The lowest BCUT2D eigenvalue weighted by Crippen LogP contribution is -2.50. The van der Waals surface area contributed by atoms with Crippen molar-refractivity contribution in [3.05, 3.63) is 77.2 Å². The van der Waals surface area contributed by atoms with E-state index in [4.69, 9.17) is 16.3 Å². The Morgan fingerprint density at radius 1 is 0.911 bits per heavy atom. The van der Waals surface area contributed by atoms with Crippen molar-refractivity contribution in [1.29, 1.82) is 0 Å². The summed E-state index contributed by atoms with van der Waals surface area (Å²) in [5, 5.41) is 8.19. The highest BCUT2D eigenvalue weighted by Crippen LogP contribution is 2.32. The molecule has 3 aliphatic heterocycles. The molecule has 7 rings (SSSR count). The lowest BCUT2D eigenvalue weighted by atomic mass is 9.94. The van der Waals surface area contributed by atoms with Gasteiger partial charge in [0.25, 0.3) is 0 Å². The lowest BCUT2D eigenvalue weighted by Gasteiger charge is -2.42. The van der Waals surface area contributed by atoms with Crippen LogP contribution in [0.1, 0.15) is 54.4 Å². The number of aromatic amines is 1. The van der Waals surface area contributed by atoms with Crippen LogP contribution in [0, 0.1) is 5.92 Å². The average Bonchev–Trinajstić information content (AvgIpc) is 3.52. The standard InChI is InChI=1S/C35H42ClN7O2/c36-31-20-28(45-27-4-2-1-3-5-27)6-7-29(31)33(44)30-21-38-34-32(30)35(40-23-39-34)41-25-10-18-43(19-11-25)26-12-16-42(17-13-26)22-24-8-14-37-15-9-24/h1-7,20-21,23-26,37H,8-19,22H2,(H2,38,39,40,41). The molecule has 2 aromatic heterocycles. The summed E-state index contributed by atoms with van der Waals surface area (Å²) in [7, 11) is 0. The first-order valence-electron chi connectivity index (χ1n) is 16.4. The molecular formula is C35H42ClN7O2. The fourth-order valence-electron chi connectivity index (χ4n) is 7.26. The summed E-state index contributed by atoms with van der Waals surface area (Å²) >= 11 is 6.62. The Hall–Kier alpha value is -3.50. The van der Waals surface area contributed by atoms with E-state index in [9.17, 15) is 4.79 Å². The van der Waals surface area contributed by atoms with Crippen molar-refractivity contribution in [3.63, 3.8) is 0 Å². The Morgan fingerprint density at radius 3 is 2.44 bits per heavy atom. The summed E-state index contributed by atoms with van der Waals surface area (Å²) in [6, 6.07) is 15.6. The minimum absolute atomic E-state index is 0.184. The molecule has 5 heterocycles. The van der Waals surface area contributed by atoms with Crippen molar-refractivity contribution in [1.82, 2.24) is 30.1 Å². The monoisotopic (exact) mass is 627 g/mol. The fourth-order valence-corrected chi connectivity index (χ4v) is 7.52. The molecule has 10 heteroatoms. The zero-order chi connectivity index (χ0) is 30.6. The molecule has 0 atom stereocenters. The molecule has 0 amide bonds. The van der Waals surface area contributed by atoms with Gasteiger partial charge < -0.3 is 30.2 Å². The number of carbonyl (C=O) groups is 1. The number of H-pyrrole nitrogens is 1. The summed E-state index contributed by atoms with van der Waals surface area (Å²) in [6.07, 6.45) is 10.5. The minimum atomic E-state index is -0.184. The number of aromatic nitrogens is 3. The van der Waals surface area contributed by atoms with Gasteiger partial charge in [0, 0.05) is 49.5 Å². The molecule has 4 aromatic rings. The zero-order valence-corrected chi connectivity index (χ0v) is 26.4. The van der Waals surface area contributed by atoms with E-state index < -0.39 is 0 Å². The number of halogens is 1. The molecule has 0 aliphatic carbocycles. The van der Waals surface area contributed by atoms with Crippen molar-refractivity contribution in [2.75, 3.05) is 51.1 Å². The predicted molar refractivity (Wildman–Crippen MR) is 179 cm³/mol. The van der Waals surface area contributed by atoms with E-state index in [0.29, 0.717) is 50.5 Å². The quantitative estimate of drug-likeness (QED) is 0.195. The number of hydrogen-bond donors (Lipinski definition) is 3. The molecular weight excluding hydrogens is 586 g/mol. The van der Waals surface area contributed by atoms with Gasteiger partial charge in [-0.05, 0) is 94.9 Å². The molecule has 0 radical (unpaired) electrons. The Labute approximate surface area is 269 Å². The van der Waals surface area contributed by atoms with Crippen molar-refractivity contribution >= 4 is 34.2 Å². The third-order valence-electron chi connectivity index (χ3n) is 9.80. The molecule has 0 spiro atoms. The molecule has 0 saturated carbocycles. The number of rotatable bonds is 9. The number of ether oxygens (including phenoxy) is 1. The first kappa shape index (κ1) is 30.2. The van der Waals surface area contributed by atoms with Gasteiger partial charge in [-0.3, -0.25) is 4.79 Å². The number of anilines is 1. The van der Waals surface area contributed by atoms with Crippen LogP contribution in [0.15, 0.2) is 61.1 Å². The van der Waals surface area contributed by atoms with E-state index in [0.717, 1.165) is 31.8 Å². The van der Waals surface area contributed by atoms with Crippen LogP contribution < -0.4 is 15.4 Å². The summed E-state index contributed by atoms with van der Waals surface area (Å²) in [4.78, 5) is 31.3. The van der Waals surface area contributed by atoms with Crippen LogP contribution in [-0.2, 0) is 0 Å². The zero-order valence-electron chi connectivity index (χ0n) is 25.7. The van der Waals surface area contributed by atoms with E-state index >= 15 is 0 Å². The van der Waals surface area contributed by atoms with Gasteiger partial charge in [0.15, 0.2) is 5.78 Å². The van der Waals surface area contributed by atoms with Crippen LogP contribution in [0.2, 0.25) is 5.02 Å². The van der Waals surface area contributed by atoms with Crippen molar-refractivity contribution in [2.24, 2.45) is 5.92 Å². The largest absolute Gasteiger partial charge is 0.457 e. The van der Waals surface area contributed by atoms with Gasteiger partial charge >= 0.3 is 0 Å². The van der Waals surface area contributed by atoms with Crippen LogP contribution in [0.3, 0.4) is 0 Å². The average molecular weight is 628 g/mol. The topological polar surface area (TPSA) is 98.4 Å². The van der Waals surface area contributed by atoms with Gasteiger partial charge in [-0.1, -0.05) is 29.8 Å². The second-order valence-corrected chi connectivity index (χ2v) is 13.1. The summed E-state index contributed by atoms with van der Waals surface area (Å²) in [5.74, 6) is 2.65. The summed E-state index contributed by atoms with van der Waals surface area (Å²) < 4.78 is 5.90. The molecule has 3 N–H and O–H groups in total. The third-order valence-corrected chi connectivity index (χ3v) is 10.1. The lowest BCUT2D eigenvalue weighted by molar-refractivity contribution is 0.0799.